The van der Waals surface area contributed by atoms with Crippen molar-refractivity contribution < 1.29 is 4.57 Å². The van der Waals surface area contributed by atoms with Crippen molar-refractivity contribution in [1.29, 1.82) is 0 Å². The summed E-state index contributed by atoms with van der Waals surface area (Å²) in [6, 6.07) is 24.0. The number of benzene rings is 2. The van der Waals surface area contributed by atoms with Gasteiger partial charge in [0.1, 0.15) is 11.2 Å². The highest BCUT2D eigenvalue weighted by atomic mass is 32.1. The summed E-state index contributed by atoms with van der Waals surface area (Å²) >= 11 is 1.90. The van der Waals surface area contributed by atoms with Gasteiger partial charge in [-0.05, 0) is 43.0 Å². The van der Waals surface area contributed by atoms with Crippen molar-refractivity contribution in [3.8, 4) is 0 Å². The molecule has 2 heteroatoms. The van der Waals surface area contributed by atoms with Gasteiger partial charge in [-0.1, -0.05) is 42.5 Å². The van der Waals surface area contributed by atoms with Crippen LogP contribution in [0.4, 0.5) is 0 Å². The van der Waals surface area contributed by atoms with Gasteiger partial charge in [0.05, 0.1) is 5.39 Å². The van der Waals surface area contributed by atoms with E-state index >= 15 is 0 Å². The molecule has 1 nitrogen and oxygen atoms in total. The molecular weight excluding hydrogens is 310 g/mol. The molecule has 24 heavy (non-hydrogen) atoms. The van der Waals surface area contributed by atoms with E-state index in [4.69, 9.17) is 0 Å². The number of aryl methyl sites for hydroxylation is 2. The number of hydrogen-bond acceptors (Lipinski definition) is 1. The van der Waals surface area contributed by atoms with Gasteiger partial charge in [-0.3, -0.25) is 0 Å². The SMILES string of the molecule is c1ccc(CCCCC[n+]2cccc3sc4ccccc4c32)cc1. The second-order valence-corrected chi connectivity index (χ2v) is 7.39. The molecule has 0 spiro atoms. The minimum atomic E-state index is 1.10. The maximum Gasteiger partial charge on any atom is 0.231 e. The smallest absolute Gasteiger partial charge is 0.197 e. The van der Waals surface area contributed by atoms with Crippen molar-refractivity contribution in [2.45, 2.75) is 32.2 Å². The van der Waals surface area contributed by atoms with E-state index < -0.39 is 0 Å². The Morgan fingerprint density at radius 1 is 0.708 bits per heavy atom. The number of thiophene rings is 1. The van der Waals surface area contributed by atoms with Crippen LogP contribution in [0.3, 0.4) is 0 Å². The van der Waals surface area contributed by atoms with Crippen LogP contribution in [-0.2, 0) is 13.0 Å². The molecule has 0 aliphatic heterocycles. The zero-order chi connectivity index (χ0) is 16.2. The third-order valence-corrected chi connectivity index (χ3v) is 5.73. The molecule has 0 radical (unpaired) electrons. The predicted molar refractivity (Wildman–Crippen MR) is 104 cm³/mol. The third kappa shape index (κ3) is 3.20. The lowest BCUT2D eigenvalue weighted by atomic mass is 10.1. The molecule has 2 heterocycles. The Balaban J connectivity index is 1.43. The van der Waals surface area contributed by atoms with Crippen LogP contribution in [-0.4, -0.2) is 0 Å². The maximum atomic E-state index is 2.44. The van der Waals surface area contributed by atoms with Crippen LogP contribution in [0.25, 0.3) is 20.3 Å². The molecule has 0 atom stereocenters. The van der Waals surface area contributed by atoms with E-state index in [1.54, 1.807) is 0 Å². The Morgan fingerprint density at radius 2 is 1.50 bits per heavy atom. The Kier molecular flexibility index (Phi) is 4.57. The molecule has 4 rings (SSSR count). The highest BCUT2D eigenvalue weighted by Gasteiger charge is 2.14. The van der Waals surface area contributed by atoms with Gasteiger partial charge < -0.3 is 0 Å². The van der Waals surface area contributed by atoms with Crippen molar-refractivity contribution in [2.24, 2.45) is 0 Å². The fourth-order valence-electron chi connectivity index (χ4n) is 3.39. The zero-order valence-electron chi connectivity index (χ0n) is 13.8. The first kappa shape index (κ1) is 15.3. The van der Waals surface area contributed by atoms with Crippen LogP contribution in [0.1, 0.15) is 24.8 Å². The van der Waals surface area contributed by atoms with Crippen molar-refractivity contribution in [2.75, 3.05) is 0 Å². The molecule has 0 saturated carbocycles. The number of aromatic nitrogens is 1. The van der Waals surface area contributed by atoms with Crippen LogP contribution in [0.2, 0.25) is 0 Å². The van der Waals surface area contributed by atoms with Crippen LogP contribution in [0.5, 0.6) is 0 Å². The minimum Gasteiger partial charge on any atom is -0.197 e. The van der Waals surface area contributed by atoms with Crippen molar-refractivity contribution in [1.82, 2.24) is 0 Å². The molecule has 0 fully saturated rings. The number of nitrogens with zero attached hydrogens (tertiary/aromatic N) is 1. The molecule has 4 aromatic rings. The highest BCUT2D eigenvalue weighted by molar-refractivity contribution is 7.25. The van der Waals surface area contributed by atoms with Gasteiger partial charge in [0, 0.05) is 17.2 Å². The quantitative estimate of drug-likeness (QED) is 0.312. The maximum absolute atomic E-state index is 2.44. The van der Waals surface area contributed by atoms with Gasteiger partial charge >= 0.3 is 0 Å². The Hall–Kier alpha value is -2.19. The second kappa shape index (κ2) is 7.14. The summed E-state index contributed by atoms with van der Waals surface area (Å²) in [6.07, 6.45) is 7.21. The van der Waals surface area contributed by atoms with E-state index in [1.807, 2.05) is 11.3 Å². The molecule has 0 aliphatic carbocycles. The average Bonchev–Trinajstić information content (AvgIpc) is 3.02. The van der Waals surface area contributed by atoms with Gasteiger partial charge in [0.15, 0.2) is 6.20 Å². The van der Waals surface area contributed by atoms with E-state index in [1.165, 1.54) is 51.5 Å². The molecule has 0 N–H and O–H groups in total. The normalized spacial score (nSPS) is 11.3. The lowest BCUT2D eigenvalue weighted by Gasteiger charge is -2.02. The largest absolute Gasteiger partial charge is 0.231 e. The number of unbranched alkanes of at least 4 members (excludes halogenated alkanes) is 2. The molecule has 120 valence electrons. The summed E-state index contributed by atoms with van der Waals surface area (Å²) in [7, 11) is 0. The van der Waals surface area contributed by atoms with E-state index in [0.717, 1.165) is 6.54 Å². The first-order chi connectivity index (χ1) is 11.9. The summed E-state index contributed by atoms with van der Waals surface area (Å²) in [5.74, 6) is 0. The molecule has 2 aromatic carbocycles. The lowest BCUT2D eigenvalue weighted by Crippen LogP contribution is -2.33. The van der Waals surface area contributed by atoms with Crippen LogP contribution >= 0.6 is 11.3 Å². The summed E-state index contributed by atoms with van der Waals surface area (Å²) in [5.41, 5.74) is 2.86. The molecule has 0 saturated heterocycles. The summed E-state index contributed by atoms with van der Waals surface area (Å²) < 4.78 is 5.22. The predicted octanol–water partition coefficient (Wildman–Crippen LogP) is 5.76. The molecule has 0 amide bonds. The van der Waals surface area contributed by atoms with Crippen LogP contribution in [0, 0.1) is 0 Å². The fourth-order valence-corrected chi connectivity index (χ4v) is 4.52. The first-order valence-electron chi connectivity index (χ1n) is 8.75. The van der Waals surface area contributed by atoms with E-state index in [0.29, 0.717) is 0 Å². The topological polar surface area (TPSA) is 3.88 Å². The molecule has 0 unspecified atom stereocenters. The number of rotatable bonds is 6. The summed E-state index contributed by atoms with van der Waals surface area (Å²) in [5, 5.41) is 1.39. The monoisotopic (exact) mass is 332 g/mol. The van der Waals surface area contributed by atoms with Gasteiger partial charge in [-0.15, -0.1) is 11.3 Å². The Morgan fingerprint density at radius 3 is 2.42 bits per heavy atom. The van der Waals surface area contributed by atoms with E-state index in [9.17, 15) is 0 Å². The van der Waals surface area contributed by atoms with Gasteiger partial charge in [0.2, 0.25) is 5.52 Å². The Labute approximate surface area is 147 Å². The van der Waals surface area contributed by atoms with Crippen molar-refractivity contribution >= 4 is 31.6 Å². The zero-order valence-corrected chi connectivity index (χ0v) is 14.6. The molecule has 0 aliphatic rings. The molecule has 2 aromatic heterocycles. The fraction of sp³-hybridized carbons (Fsp3) is 0.227. The van der Waals surface area contributed by atoms with E-state index in [2.05, 4.69) is 77.5 Å². The lowest BCUT2D eigenvalue weighted by molar-refractivity contribution is -0.671. The van der Waals surface area contributed by atoms with Crippen molar-refractivity contribution in [3.63, 3.8) is 0 Å². The Bertz CT molecular complexity index is 940. The third-order valence-electron chi connectivity index (χ3n) is 4.60. The van der Waals surface area contributed by atoms with Gasteiger partial charge in [-0.25, -0.2) is 0 Å². The average molecular weight is 332 g/mol. The van der Waals surface area contributed by atoms with Gasteiger partial charge in [-0.2, -0.15) is 4.57 Å². The van der Waals surface area contributed by atoms with Gasteiger partial charge in [0.25, 0.3) is 0 Å². The number of fused-ring (bicyclic) bond motifs is 3. The van der Waals surface area contributed by atoms with Crippen molar-refractivity contribution in [3.05, 3.63) is 78.5 Å². The first-order valence-corrected chi connectivity index (χ1v) is 9.57. The highest BCUT2D eigenvalue weighted by Crippen LogP contribution is 2.31. The minimum absolute atomic E-state index is 1.10. The summed E-state index contributed by atoms with van der Waals surface area (Å²) in [4.78, 5) is 0. The number of pyridine rings is 1. The van der Waals surface area contributed by atoms with Crippen LogP contribution < -0.4 is 4.57 Å². The molecular formula is C22H22NS+. The van der Waals surface area contributed by atoms with Crippen LogP contribution in [0.15, 0.2) is 72.9 Å². The summed E-state index contributed by atoms with van der Waals surface area (Å²) in [6.45, 7) is 1.10. The molecule has 0 bridgehead atoms. The standard InChI is InChI=1S/C22H22NS/c1-3-10-18(11-4-1)12-5-2-8-16-23-17-9-15-21-22(23)19-13-6-7-14-20(19)24-21/h1,3-4,6-7,9-11,13-15,17H,2,5,8,12,16H2/q+1. The second-order valence-electron chi connectivity index (χ2n) is 6.31. The van der Waals surface area contributed by atoms with E-state index in [-0.39, 0.29) is 0 Å². The number of hydrogen-bond donors (Lipinski definition) is 0.